The molecule has 0 aliphatic carbocycles. The number of rotatable bonds is 3. The first-order valence-corrected chi connectivity index (χ1v) is 7.21. The average molecular weight is 335 g/mol. The number of hydrogen-bond acceptors (Lipinski definition) is 2. The number of amides is 1. The first-order valence-electron chi connectivity index (χ1n) is 6.80. The van der Waals surface area contributed by atoms with Gasteiger partial charge in [-0.25, -0.2) is 8.78 Å². The lowest BCUT2D eigenvalue weighted by Gasteiger charge is -2.12. The summed E-state index contributed by atoms with van der Waals surface area (Å²) in [5.74, 6) is -1.04. The lowest BCUT2D eigenvalue weighted by Crippen LogP contribution is -2.44. The lowest BCUT2D eigenvalue weighted by molar-refractivity contribution is -0.120. The summed E-state index contributed by atoms with van der Waals surface area (Å²) in [7, 11) is 0. The molecule has 1 amide bonds. The molecule has 0 bridgehead atoms. The summed E-state index contributed by atoms with van der Waals surface area (Å²) in [6.45, 7) is 1.66. The Bertz CT molecular complexity index is 720. The molecule has 23 heavy (non-hydrogen) atoms. The Hall–Kier alpha value is -2.54. The van der Waals surface area contributed by atoms with Crippen LogP contribution in [0.3, 0.4) is 0 Å². The highest BCUT2D eigenvalue weighted by Gasteiger charge is 2.05. The fraction of sp³-hybridized carbons (Fsp3) is 0.125. The zero-order chi connectivity index (χ0) is 16.8. The van der Waals surface area contributed by atoms with Crippen LogP contribution in [0.5, 0.6) is 0 Å². The molecule has 0 saturated heterocycles. The Morgan fingerprint density at radius 3 is 2.43 bits per heavy atom. The van der Waals surface area contributed by atoms with E-state index in [1.807, 2.05) is 0 Å². The molecule has 0 unspecified atom stereocenters. The second-order valence-corrected chi connectivity index (χ2v) is 5.30. The van der Waals surface area contributed by atoms with Gasteiger partial charge in [0.15, 0.2) is 5.11 Å². The third-order valence-electron chi connectivity index (χ3n) is 3.02. The first kappa shape index (κ1) is 16.8. The zero-order valence-corrected chi connectivity index (χ0v) is 13.1. The van der Waals surface area contributed by atoms with Crippen molar-refractivity contribution < 1.29 is 13.6 Å². The Balaban J connectivity index is 1.80. The number of carbonyl (C=O) groups is 1. The van der Waals surface area contributed by atoms with E-state index in [9.17, 15) is 13.6 Å². The molecule has 0 fully saturated rings. The molecule has 0 saturated carbocycles. The quantitative estimate of drug-likeness (QED) is 0.596. The minimum atomic E-state index is -0.358. The summed E-state index contributed by atoms with van der Waals surface area (Å²) >= 11 is 5.00. The van der Waals surface area contributed by atoms with Gasteiger partial charge in [0.25, 0.3) is 0 Å². The van der Waals surface area contributed by atoms with Gasteiger partial charge in [-0.05, 0) is 54.5 Å². The van der Waals surface area contributed by atoms with Crippen LogP contribution in [0.25, 0.3) is 0 Å². The molecule has 0 heterocycles. The molecule has 2 aromatic carbocycles. The molecule has 0 radical (unpaired) electrons. The van der Waals surface area contributed by atoms with E-state index in [0.717, 1.165) is 0 Å². The highest BCUT2D eigenvalue weighted by atomic mass is 32.1. The van der Waals surface area contributed by atoms with Crippen molar-refractivity contribution in [1.29, 1.82) is 0 Å². The predicted molar refractivity (Wildman–Crippen MR) is 88.7 cm³/mol. The third kappa shape index (κ3) is 5.30. The van der Waals surface area contributed by atoms with Crippen LogP contribution in [0.2, 0.25) is 0 Å². The maximum absolute atomic E-state index is 13.4. The molecule has 7 heteroatoms. The number of benzene rings is 2. The largest absolute Gasteiger partial charge is 0.331 e. The standard InChI is InChI=1S/C16H15F2N3OS/c1-10-2-7-13(9-14(10)18)19-16(23)21-20-15(22)8-11-3-5-12(17)6-4-11/h2-7,9H,8H2,1H3,(H,20,22)(H2,19,21,23). The topological polar surface area (TPSA) is 53.2 Å². The number of thiocarbonyl (C=S) groups is 1. The number of nitrogens with one attached hydrogen (secondary N) is 3. The highest BCUT2D eigenvalue weighted by Crippen LogP contribution is 2.13. The van der Waals surface area contributed by atoms with Gasteiger partial charge in [0.05, 0.1) is 6.42 Å². The molecule has 4 nitrogen and oxygen atoms in total. The van der Waals surface area contributed by atoms with Crippen LogP contribution >= 0.6 is 12.2 Å². The smallest absolute Gasteiger partial charge is 0.242 e. The van der Waals surface area contributed by atoms with Gasteiger partial charge in [0, 0.05) is 5.69 Å². The van der Waals surface area contributed by atoms with Crippen LogP contribution in [0.15, 0.2) is 42.5 Å². The summed E-state index contributed by atoms with van der Waals surface area (Å²) < 4.78 is 26.2. The molecule has 2 rings (SSSR count). The van der Waals surface area contributed by atoms with E-state index in [1.165, 1.54) is 30.3 Å². The van der Waals surface area contributed by atoms with Crippen molar-refractivity contribution in [3.05, 3.63) is 65.2 Å². The summed E-state index contributed by atoms with van der Waals surface area (Å²) in [5.41, 5.74) is 6.60. The number of anilines is 1. The van der Waals surface area contributed by atoms with Crippen LogP contribution in [0.1, 0.15) is 11.1 Å². The highest BCUT2D eigenvalue weighted by molar-refractivity contribution is 7.80. The Labute approximate surface area is 137 Å². The van der Waals surface area contributed by atoms with Gasteiger partial charge in [-0.2, -0.15) is 0 Å². The Kier molecular flexibility index (Phi) is 5.59. The van der Waals surface area contributed by atoms with Crippen molar-refractivity contribution in [3.63, 3.8) is 0 Å². The molecular formula is C16H15F2N3OS. The van der Waals surface area contributed by atoms with Gasteiger partial charge in [0.2, 0.25) is 5.91 Å². The van der Waals surface area contributed by atoms with Crippen molar-refractivity contribution in [3.8, 4) is 0 Å². The fourth-order valence-electron chi connectivity index (χ4n) is 1.79. The van der Waals surface area contributed by atoms with E-state index in [0.29, 0.717) is 16.8 Å². The number of aryl methyl sites for hydroxylation is 1. The van der Waals surface area contributed by atoms with Crippen molar-refractivity contribution in [1.82, 2.24) is 10.9 Å². The zero-order valence-electron chi connectivity index (χ0n) is 12.3. The van der Waals surface area contributed by atoms with E-state index in [2.05, 4.69) is 16.2 Å². The number of carbonyl (C=O) groups excluding carboxylic acids is 1. The van der Waals surface area contributed by atoms with E-state index < -0.39 is 0 Å². The fourth-order valence-corrected chi connectivity index (χ4v) is 1.96. The summed E-state index contributed by atoms with van der Waals surface area (Å²) in [5, 5.41) is 2.88. The van der Waals surface area contributed by atoms with Gasteiger partial charge in [0.1, 0.15) is 11.6 Å². The molecular weight excluding hydrogens is 320 g/mol. The molecule has 0 aliphatic heterocycles. The summed E-state index contributed by atoms with van der Waals surface area (Å²) in [4.78, 5) is 11.7. The SMILES string of the molecule is Cc1ccc(NC(=S)NNC(=O)Cc2ccc(F)cc2)cc1F. The number of hydrogen-bond donors (Lipinski definition) is 3. The van der Waals surface area contributed by atoms with Gasteiger partial charge in [-0.3, -0.25) is 15.6 Å². The van der Waals surface area contributed by atoms with Gasteiger partial charge < -0.3 is 5.32 Å². The number of hydrazine groups is 1. The Morgan fingerprint density at radius 2 is 1.78 bits per heavy atom. The molecule has 0 aliphatic rings. The van der Waals surface area contributed by atoms with Crippen molar-refractivity contribution >= 4 is 28.9 Å². The van der Waals surface area contributed by atoms with E-state index in [4.69, 9.17) is 12.2 Å². The molecule has 0 atom stereocenters. The summed E-state index contributed by atoms with van der Waals surface area (Å²) in [6, 6.07) is 10.2. The van der Waals surface area contributed by atoms with E-state index >= 15 is 0 Å². The maximum Gasteiger partial charge on any atom is 0.242 e. The van der Waals surface area contributed by atoms with Crippen LogP contribution in [-0.4, -0.2) is 11.0 Å². The van der Waals surface area contributed by atoms with Crippen molar-refractivity contribution in [2.45, 2.75) is 13.3 Å². The molecule has 120 valence electrons. The molecule has 2 aromatic rings. The molecule has 0 aromatic heterocycles. The normalized spacial score (nSPS) is 10.0. The van der Waals surface area contributed by atoms with Crippen LogP contribution in [-0.2, 0) is 11.2 Å². The average Bonchev–Trinajstić information content (AvgIpc) is 2.51. The van der Waals surface area contributed by atoms with E-state index in [-0.39, 0.29) is 29.1 Å². The van der Waals surface area contributed by atoms with Gasteiger partial charge in [-0.1, -0.05) is 18.2 Å². The van der Waals surface area contributed by atoms with Crippen molar-refractivity contribution in [2.24, 2.45) is 0 Å². The van der Waals surface area contributed by atoms with E-state index in [1.54, 1.807) is 19.1 Å². The molecule has 3 N–H and O–H groups in total. The minimum absolute atomic E-state index is 0.0784. The molecule has 0 spiro atoms. The monoisotopic (exact) mass is 335 g/mol. The van der Waals surface area contributed by atoms with Crippen molar-refractivity contribution in [2.75, 3.05) is 5.32 Å². The first-order chi connectivity index (χ1) is 10.9. The van der Waals surface area contributed by atoms with Crippen LogP contribution in [0, 0.1) is 18.6 Å². The minimum Gasteiger partial charge on any atom is -0.331 e. The number of halogens is 2. The lowest BCUT2D eigenvalue weighted by atomic mass is 10.1. The Morgan fingerprint density at radius 1 is 1.09 bits per heavy atom. The maximum atomic E-state index is 13.4. The summed E-state index contributed by atoms with van der Waals surface area (Å²) in [6.07, 6.45) is 0.0784. The van der Waals surface area contributed by atoms with Crippen LogP contribution < -0.4 is 16.2 Å². The second-order valence-electron chi connectivity index (χ2n) is 4.89. The van der Waals surface area contributed by atoms with Gasteiger partial charge in [-0.15, -0.1) is 0 Å². The van der Waals surface area contributed by atoms with Gasteiger partial charge >= 0.3 is 0 Å². The second kappa shape index (κ2) is 7.64. The van der Waals surface area contributed by atoms with Crippen LogP contribution in [0.4, 0.5) is 14.5 Å². The third-order valence-corrected chi connectivity index (χ3v) is 3.23. The predicted octanol–water partition coefficient (Wildman–Crippen LogP) is 2.83.